The van der Waals surface area contributed by atoms with E-state index in [4.69, 9.17) is 4.42 Å². The third-order valence-corrected chi connectivity index (χ3v) is 3.70. The lowest BCUT2D eigenvalue weighted by molar-refractivity contribution is -0.384. The third-order valence-electron chi connectivity index (χ3n) is 2.76. The first-order valence-corrected chi connectivity index (χ1v) is 7.13. The molecule has 0 spiro atoms. The molecule has 2 rings (SSSR count). The first-order chi connectivity index (χ1) is 9.88. The van der Waals surface area contributed by atoms with Crippen molar-refractivity contribution in [1.29, 1.82) is 0 Å². The van der Waals surface area contributed by atoms with Crippen LogP contribution in [0.1, 0.15) is 35.0 Å². The van der Waals surface area contributed by atoms with Crippen molar-refractivity contribution >= 4 is 34.2 Å². The highest BCUT2D eigenvalue weighted by atomic mass is 127. The fraction of sp³-hybridized carbons (Fsp3) is 0.231. The second-order valence-electron chi connectivity index (χ2n) is 4.43. The molecule has 8 heteroatoms. The number of benzene rings is 1. The lowest BCUT2D eigenvalue weighted by atomic mass is 10.2. The van der Waals surface area contributed by atoms with Gasteiger partial charge in [-0.3, -0.25) is 14.9 Å². The molecular formula is C13H12IN3O4. The second kappa shape index (κ2) is 6.20. The number of nitro groups is 1. The lowest BCUT2D eigenvalue weighted by Gasteiger charge is -2.11. The summed E-state index contributed by atoms with van der Waals surface area (Å²) >= 11 is 1.96. The number of nitro benzene ring substituents is 1. The van der Waals surface area contributed by atoms with E-state index in [0.717, 1.165) is 0 Å². The van der Waals surface area contributed by atoms with E-state index >= 15 is 0 Å². The van der Waals surface area contributed by atoms with Crippen molar-refractivity contribution in [3.05, 3.63) is 55.3 Å². The maximum Gasteiger partial charge on any atom is 0.270 e. The fourth-order valence-corrected chi connectivity index (χ4v) is 2.29. The maximum absolute atomic E-state index is 12.2. The monoisotopic (exact) mass is 401 g/mol. The number of hydrogen-bond acceptors (Lipinski definition) is 5. The summed E-state index contributed by atoms with van der Waals surface area (Å²) in [6.07, 6.45) is 1.56. The fourth-order valence-electron chi connectivity index (χ4n) is 1.71. The van der Waals surface area contributed by atoms with Crippen LogP contribution in [0, 0.1) is 20.6 Å². The van der Waals surface area contributed by atoms with Crippen LogP contribution in [-0.2, 0) is 0 Å². The van der Waals surface area contributed by atoms with E-state index in [1.165, 1.54) is 18.2 Å². The zero-order chi connectivity index (χ0) is 15.6. The standard InChI is InChI=1S/C13H12IN3O4/c1-7-6-15-13(21-7)8(2)16-12(18)10-5-9(17(19)20)3-4-11(10)14/h3-6,8H,1-2H3,(H,16,18). The Morgan fingerprint density at radius 3 is 2.81 bits per heavy atom. The summed E-state index contributed by atoms with van der Waals surface area (Å²) in [6.45, 7) is 3.49. The van der Waals surface area contributed by atoms with E-state index in [9.17, 15) is 14.9 Å². The van der Waals surface area contributed by atoms with Crippen molar-refractivity contribution in [2.45, 2.75) is 19.9 Å². The molecule has 1 heterocycles. The van der Waals surface area contributed by atoms with Crippen molar-refractivity contribution in [1.82, 2.24) is 10.3 Å². The number of carbonyl (C=O) groups is 1. The molecule has 0 saturated carbocycles. The zero-order valence-corrected chi connectivity index (χ0v) is 13.4. The molecule has 0 aliphatic carbocycles. The Labute approximate surface area is 134 Å². The van der Waals surface area contributed by atoms with Gasteiger partial charge in [-0.2, -0.15) is 0 Å². The molecule has 1 aromatic carbocycles. The molecule has 0 aliphatic heterocycles. The molecular weight excluding hydrogens is 389 g/mol. The molecule has 1 amide bonds. The Morgan fingerprint density at radius 1 is 1.52 bits per heavy atom. The summed E-state index contributed by atoms with van der Waals surface area (Å²) in [6, 6.07) is 3.72. The highest BCUT2D eigenvalue weighted by Crippen LogP contribution is 2.21. The van der Waals surface area contributed by atoms with Gasteiger partial charge in [0.05, 0.1) is 16.7 Å². The number of amides is 1. The molecule has 110 valence electrons. The van der Waals surface area contributed by atoms with Gasteiger partial charge >= 0.3 is 0 Å². The third kappa shape index (κ3) is 3.57. The molecule has 1 unspecified atom stereocenters. The molecule has 1 N–H and O–H groups in total. The largest absolute Gasteiger partial charge is 0.444 e. The molecule has 7 nitrogen and oxygen atoms in total. The second-order valence-corrected chi connectivity index (χ2v) is 5.59. The van der Waals surface area contributed by atoms with Gasteiger partial charge in [0.15, 0.2) is 0 Å². The van der Waals surface area contributed by atoms with Gasteiger partial charge in [-0.25, -0.2) is 4.98 Å². The molecule has 0 aliphatic rings. The summed E-state index contributed by atoms with van der Waals surface area (Å²) in [4.78, 5) is 26.5. The number of aryl methyl sites for hydroxylation is 1. The number of aromatic nitrogens is 1. The lowest BCUT2D eigenvalue weighted by Crippen LogP contribution is -2.27. The number of non-ortho nitro benzene ring substituents is 1. The molecule has 21 heavy (non-hydrogen) atoms. The van der Waals surface area contributed by atoms with Crippen molar-refractivity contribution in [2.75, 3.05) is 0 Å². The van der Waals surface area contributed by atoms with Gasteiger partial charge in [0, 0.05) is 15.7 Å². The summed E-state index contributed by atoms with van der Waals surface area (Å²) in [5.41, 5.74) is 0.125. The van der Waals surface area contributed by atoms with Crippen LogP contribution in [0.3, 0.4) is 0 Å². The summed E-state index contributed by atoms with van der Waals surface area (Å²) < 4.78 is 5.97. The molecule has 1 atom stereocenters. The van der Waals surface area contributed by atoms with Gasteiger partial charge in [0.1, 0.15) is 11.8 Å². The van der Waals surface area contributed by atoms with Gasteiger partial charge in [-0.05, 0) is 42.5 Å². The molecule has 0 saturated heterocycles. The van der Waals surface area contributed by atoms with Gasteiger partial charge in [-0.15, -0.1) is 0 Å². The van der Waals surface area contributed by atoms with Gasteiger partial charge < -0.3 is 9.73 Å². The summed E-state index contributed by atoms with van der Waals surface area (Å²) in [5.74, 6) is 0.628. The molecule has 0 radical (unpaired) electrons. The van der Waals surface area contributed by atoms with E-state index < -0.39 is 16.9 Å². The van der Waals surface area contributed by atoms with Crippen LogP contribution in [0.4, 0.5) is 5.69 Å². The predicted molar refractivity (Wildman–Crippen MR) is 82.9 cm³/mol. The summed E-state index contributed by atoms with van der Waals surface area (Å²) in [7, 11) is 0. The quantitative estimate of drug-likeness (QED) is 0.483. The number of hydrogen-bond donors (Lipinski definition) is 1. The smallest absolute Gasteiger partial charge is 0.270 e. The van der Waals surface area contributed by atoms with Crippen molar-refractivity contribution in [3.63, 3.8) is 0 Å². The topological polar surface area (TPSA) is 98.3 Å². The highest BCUT2D eigenvalue weighted by Gasteiger charge is 2.19. The van der Waals surface area contributed by atoms with Crippen LogP contribution >= 0.6 is 22.6 Å². The van der Waals surface area contributed by atoms with Gasteiger partial charge in [0.25, 0.3) is 11.6 Å². The minimum absolute atomic E-state index is 0.125. The number of rotatable bonds is 4. The number of nitrogens with one attached hydrogen (secondary N) is 1. The minimum Gasteiger partial charge on any atom is -0.444 e. The number of nitrogens with zero attached hydrogens (tertiary/aromatic N) is 2. The number of halogens is 1. The van der Waals surface area contributed by atoms with E-state index in [1.807, 2.05) is 22.6 Å². The zero-order valence-electron chi connectivity index (χ0n) is 11.3. The maximum atomic E-state index is 12.2. The van der Waals surface area contributed by atoms with Crippen LogP contribution in [0.25, 0.3) is 0 Å². The first-order valence-electron chi connectivity index (χ1n) is 6.05. The van der Waals surface area contributed by atoms with Crippen LogP contribution < -0.4 is 5.32 Å². The molecule has 2 aromatic rings. The first kappa shape index (κ1) is 15.4. The van der Waals surface area contributed by atoms with Crippen molar-refractivity contribution < 1.29 is 14.1 Å². The SMILES string of the molecule is Cc1cnc(C(C)NC(=O)c2cc([N+](=O)[O-])ccc2I)o1. The average Bonchev–Trinajstić information content (AvgIpc) is 2.85. The van der Waals surface area contributed by atoms with Crippen LogP contribution in [0.15, 0.2) is 28.8 Å². The van der Waals surface area contributed by atoms with E-state index in [2.05, 4.69) is 10.3 Å². The highest BCUT2D eigenvalue weighted by molar-refractivity contribution is 14.1. The van der Waals surface area contributed by atoms with E-state index in [-0.39, 0.29) is 11.3 Å². The molecule has 0 fully saturated rings. The Balaban J connectivity index is 2.20. The van der Waals surface area contributed by atoms with Gasteiger partial charge in [0.2, 0.25) is 5.89 Å². The van der Waals surface area contributed by atoms with E-state index in [1.54, 1.807) is 20.0 Å². The molecule has 1 aromatic heterocycles. The minimum atomic E-state index is -0.534. The number of carbonyl (C=O) groups excluding carboxylic acids is 1. The number of oxazole rings is 1. The Hall–Kier alpha value is -1.97. The average molecular weight is 401 g/mol. The van der Waals surface area contributed by atoms with Crippen LogP contribution in [0.5, 0.6) is 0 Å². The Bertz CT molecular complexity index is 698. The van der Waals surface area contributed by atoms with E-state index in [0.29, 0.717) is 15.2 Å². The normalized spacial score (nSPS) is 12.0. The van der Waals surface area contributed by atoms with Gasteiger partial charge in [-0.1, -0.05) is 0 Å². The molecule has 0 bridgehead atoms. The predicted octanol–water partition coefficient (Wildman–Crippen LogP) is 2.99. The van der Waals surface area contributed by atoms with Crippen molar-refractivity contribution in [2.24, 2.45) is 0 Å². The Morgan fingerprint density at radius 2 is 2.24 bits per heavy atom. The van der Waals surface area contributed by atoms with Crippen LogP contribution in [-0.4, -0.2) is 15.8 Å². The Kier molecular flexibility index (Phi) is 4.56. The summed E-state index contributed by atoms with van der Waals surface area (Å²) in [5, 5.41) is 13.5. The van der Waals surface area contributed by atoms with Crippen molar-refractivity contribution in [3.8, 4) is 0 Å². The van der Waals surface area contributed by atoms with Crippen LogP contribution in [0.2, 0.25) is 0 Å².